The molecule has 0 fully saturated rings. The van der Waals surface area contributed by atoms with Crippen LogP contribution in [0.25, 0.3) is 0 Å². The number of hydrogen-bond donors (Lipinski definition) is 3. The number of nitrogens with one attached hydrogen (secondary N) is 2. The third-order valence-corrected chi connectivity index (χ3v) is 3.28. The zero-order chi connectivity index (χ0) is 13.4. The topological polar surface area (TPSA) is 84.2 Å². The average molecular weight is 269 g/mol. The second-order valence-corrected chi connectivity index (χ2v) is 4.91. The first kappa shape index (κ1) is 14.7. The summed E-state index contributed by atoms with van der Waals surface area (Å²) in [5, 5.41) is 7.25. The van der Waals surface area contributed by atoms with E-state index in [1.807, 2.05) is 5.38 Å². The van der Waals surface area contributed by atoms with Gasteiger partial charge < -0.3 is 16.4 Å². The quantitative estimate of drug-likeness (QED) is 0.638. The molecule has 1 heterocycles. The van der Waals surface area contributed by atoms with Gasteiger partial charge >= 0.3 is 0 Å². The minimum Gasteiger partial charge on any atom is -0.354 e. The van der Waals surface area contributed by atoms with E-state index in [1.165, 1.54) is 11.3 Å². The number of thiophene rings is 1. The van der Waals surface area contributed by atoms with Gasteiger partial charge in [0.2, 0.25) is 5.91 Å². The van der Waals surface area contributed by atoms with Crippen molar-refractivity contribution in [1.29, 1.82) is 0 Å². The summed E-state index contributed by atoms with van der Waals surface area (Å²) < 4.78 is 0. The van der Waals surface area contributed by atoms with Crippen LogP contribution in [0.2, 0.25) is 0 Å². The Morgan fingerprint density at radius 1 is 1.44 bits per heavy atom. The number of amides is 2. The molecule has 0 spiro atoms. The zero-order valence-electron chi connectivity index (χ0n) is 10.4. The molecule has 100 valence electrons. The lowest BCUT2D eigenvalue weighted by Gasteiger charge is -2.13. The van der Waals surface area contributed by atoms with Crippen LogP contribution >= 0.6 is 11.3 Å². The molecule has 18 heavy (non-hydrogen) atoms. The van der Waals surface area contributed by atoms with Gasteiger partial charge in [0.05, 0.1) is 4.88 Å². The molecule has 0 radical (unpaired) electrons. The number of rotatable bonds is 7. The van der Waals surface area contributed by atoms with Gasteiger partial charge in [-0.15, -0.1) is 11.3 Å². The van der Waals surface area contributed by atoms with Crippen LogP contribution in [0.1, 0.15) is 29.4 Å². The first-order chi connectivity index (χ1) is 8.65. The lowest BCUT2D eigenvalue weighted by molar-refractivity contribution is -0.122. The van der Waals surface area contributed by atoms with Crippen LogP contribution in [0, 0.1) is 0 Å². The maximum atomic E-state index is 11.7. The SMILES string of the molecule is CC(NC(=O)c1cccs1)C(=O)NCCCCN. The van der Waals surface area contributed by atoms with E-state index >= 15 is 0 Å². The van der Waals surface area contributed by atoms with Crippen LogP contribution in [0.5, 0.6) is 0 Å². The predicted octanol–water partition coefficient (Wildman–Crippen LogP) is 0.722. The van der Waals surface area contributed by atoms with Crippen molar-refractivity contribution in [3.8, 4) is 0 Å². The normalized spacial score (nSPS) is 11.9. The van der Waals surface area contributed by atoms with Crippen molar-refractivity contribution < 1.29 is 9.59 Å². The Morgan fingerprint density at radius 3 is 2.83 bits per heavy atom. The summed E-state index contributed by atoms with van der Waals surface area (Å²) >= 11 is 1.35. The second-order valence-electron chi connectivity index (χ2n) is 3.96. The smallest absolute Gasteiger partial charge is 0.261 e. The number of nitrogens with two attached hydrogens (primary N) is 1. The Morgan fingerprint density at radius 2 is 2.22 bits per heavy atom. The number of carbonyl (C=O) groups excluding carboxylic acids is 2. The highest BCUT2D eigenvalue weighted by Gasteiger charge is 2.16. The second kappa shape index (κ2) is 7.84. The summed E-state index contributed by atoms with van der Waals surface area (Å²) in [5.41, 5.74) is 5.36. The molecule has 0 aliphatic heterocycles. The fourth-order valence-corrected chi connectivity index (χ4v) is 2.00. The van der Waals surface area contributed by atoms with Gasteiger partial charge in [0.15, 0.2) is 0 Å². The third kappa shape index (κ3) is 4.85. The van der Waals surface area contributed by atoms with E-state index < -0.39 is 6.04 Å². The summed E-state index contributed by atoms with van der Waals surface area (Å²) in [7, 11) is 0. The van der Waals surface area contributed by atoms with E-state index in [0.717, 1.165) is 12.8 Å². The molecular formula is C12H19N3O2S. The molecule has 6 heteroatoms. The van der Waals surface area contributed by atoms with Gasteiger partial charge in [-0.05, 0) is 37.8 Å². The highest BCUT2D eigenvalue weighted by molar-refractivity contribution is 7.12. The molecule has 1 aromatic rings. The minimum atomic E-state index is -0.530. The van der Waals surface area contributed by atoms with Gasteiger partial charge in [0.1, 0.15) is 6.04 Å². The maximum Gasteiger partial charge on any atom is 0.261 e. The molecule has 0 aliphatic carbocycles. The lowest BCUT2D eigenvalue weighted by atomic mass is 10.2. The van der Waals surface area contributed by atoms with Crippen LogP contribution in [0.4, 0.5) is 0 Å². The van der Waals surface area contributed by atoms with Crippen molar-refractivity contribution in [3.63, 3.8) is 0 Å². The Balaban J connectivity index is 2.29. The van der Waals surface area contributed by atoms with Crippen LogP contribution in [0.15, 0.2) is 17.5 Å². The van der Waals surface area contributed by atoms with Gasteiger partial charge in [-0.1, -0.05) is 6.07 Å². The standard InChI is InChI=1S/C12H19N3O2S/c1-9(11(16)14-7-3-2-6-13)15-12(17)10-5-4-8-18-10/h4-5,8-9H,2-3,6-7,13H2,1H3,(H,14,16)(H,15,17). The zero-order valence-corrected chi connectivity index (χ0v) is 11.3. The summed E-state index contributed by atoms with van der Waals surface area (Å²) in [5.74, 6) is -0.383. The highest BCUT2D eigenvalue weighted by atomic mass is 32.1. The molecule has 0 aromatic carbocycles. The molecule has 0 saturated heterocycles. The van der Waals surface area contributed by atoms with Gasteiger partial charge in [0.25, 0.3) is 5.91 Å². The van der Waals surface area contributed by atoms with Crippen molar-refractivity contribution in [2.24, 2.45) is 5.73 Å². The Hall–Kier alpha value is -1.40. The molecule has 0 bridgehead atoms. The Bertz CT molecular complexity index is 379. The molecular weight excluding hydrogens is 250 g/mol. The molecule has 0 aliphatic rings. The van der Waals surface area contributed by atoms with Crippen molar-refractivity contribution >= 4 is 23.2 Å². The first-order valence-corrected chi connectivity index (χ1v) is 6.85. The third-order valence-electron chi connectivity index (χ3n) is 2.42. The molecule has 1 aromatic heterocycles. The predicted molar refractivity (Wildman–Crippen MR) is 72.5 cm³/mol. The highest BCUT2D eigenvalue weighted by Crippen LogP contribution is 2.07. The monoisotopic (exact) mass is 269 g/mol. The van der Waals surface area contributed by atoms with Crippen LogP contribution in [-0.4, -0.2) is 30.9 Å². The van der Waals surface area contributed by atoms with E-state index in [2.05, 4.69) is 10.6 Å². The summed E-state index contributed by atoms with van der Waals surface area (Å²) in [6.07, 6.45) is 1.74. The number of unbranched alkanes of at least 4 members (excludes halogenated alkanes) is 1. The fourth-order valence-electron chi connectivity index (χ4n) is 1.38. The first-order valence-electron chi connectivity index (χ1n) is 5.97. The summed E-state index contributed by atoms with van der Waals surface area (Å²) in [6, 6.07) is 3.00. The van der Waals surface area contributed by atoms with Crippen molar-refractivity contribution in [2.75, 3.05) is 13.1 Å². The van der Waals surface area contributed by atoms with Crippen LogP contribution in [0.3, 0.4) is 0 Å². The fraction of sp³-hybridized carbons (Fsp3) is 0.500. The van der Waals surface area contributed by atoms with Gasteiger partial charge in [-0.3, -0.25) is 9.59 Å². The van der Waals surface area contributed by atoms with Gasteiger partial charge in [-0.2, -0.15) is 0 Å². The van der Waals surface area contributed by atoms with Crippen molar-refractivity contribution in [1.82, 2.24) is 10.6 Å². The van der Waals surface area contributed by atoms with Gasteiger partial charge in [-0.25, -0.2) is 0 Å². The molecule has 0 saturated carbocycles. The van der Waals surface area contributed by atoms with E-state index in [4.69, 9.17) is 5.73 Å². The van der Waals surface area contributed by atoms with Gasteiger partial charge in [0, 0.05) is 6.54 Å². The average Bonchev–Trinajstić information content (AvgIpc) is 2.88. The van der Waals surface area contributed by atoms with Crippen molar-refractivity contribution in [3.05, 3.63) is 22.4 Å². The molecule has 2 amide bonds. The Kier molecular flexibility index (Phi) is 6.38. The van der Waals surface area contributed by atoms with Crippen LogP contribution in [-0.2, 0) is 4.79 Å². The van der Waals surface area contributed by atoms with Crippen LogP contribution < -0.4 is 16.4 Å². The molecule has 5 nitrogen and oxygen atoms in total. The summed E-state index contributed by atoms with van der Waals surface area (Å²) in [4.78, 5) is 24.0. The number of hydrogen-bond acceptors (Lipinski definition) is 4. The molecule has 4 N–H and O–H groups in total. The minimum absolute atomic E-state index is 0.170. The lowest BCUT2D eigenvalue weighted by Crippen LogP contribution is -2.44. The molecule has 1 unspecified atom stereocenters. The maximum absolute atomic E-state index is 11.7. The van der Waals surface area contributed by atoms with E-state index in [-0.39, 0.29) is 11.8 Å². The van der Waals surface area contributed by atoms with E-state index in [1.54, 1.807) is 19.1 Å². The van der Waals surface area contributed by atoms with E-state index in [0.29, 0.717) is 18.0 Å². The number of carbonyl (C=O) groups is 2. The molecule has 1 atom stereocenters. The largest absolute Gasteiger partial charge is 0.354 e. The van der Waals surface area contributed by atoms with Crippen molar-refractivity contribution in [2.45, 2.75) is 25.8 Å². The van der Waals surface area contributed by atoms with E-state index in [9.17, 15) is 9.59 Å². The molecule has 1 rings (SSSR count). The summed E-state index contributed by atoms with van der Waals surface area (Å²) in [6.45, 7) is 2.89. The Labute approximate surface area is 111 Å².